The molecule has 0 amide bonds. The highest BCUT2D eigenvalue weighted by atomic mass is 16.1. The molecule has 0 unspecified atom stereocenters. The summed E-state index contributed by atoms with van der Waals surface area (Å²) in [5.74, 6) is 0.119. The number of nitrogens with zero attached hydrogens (tertiary/aromatic N) is 2. The Morgan fingerprint density at radius 3 is 2.27 bits per heavy atom. The van der Waals surface area contributed by atoms with Gasteiger partial charge in [-0.3, -0.25) is 9.48 Å². The Hall–Kier alpha value is -1.12. The van der Waals surface area contributed by atoms with Crippen LogP contribution in [0.5, 0.6) is 0 Å². The fourth-order valence-corrected chi connectivity index (χ4v) is 1.57. The number of ketones is 1. The second-order valence-corrected chi connectivity index (χ2v) is 5.27. The molecule has 0 aliphatic carbocycles. The fraction of sp³-hybridized carbons (Fsp3) is 0.667. The van der Waals surface area contributed by atoms with E-state index >= 15 is 0 Å². The molecule has 15 heavy (non-hydrogen) atoms. The zero-order valence-electron chi connectivity index (χ0n) is 10.5. The zero-order chi connectivity index (χ0) is 11.8. The van der Waals surface area contributed by atoms with Crippen molar-refractivity contribution in [1.29, 1.82) is 0 Å². The van der Waals surface area contributed by atoms with Crippen LogP contribution in [0.15, 0.2) is 6.07 Å². The van der Waals surface area contributed by atoms with Gasteiger partial charge in [-0.25, -0.2) is 0 Å². The van der Waals surface area contributed by atoms with Crippen molar-refractivity contribution in [3.8, 4) is 0 Å². The summed E-state index contributed by atoms with van der Waals surface area (Å²) < 4.78 is 1.91. The molecule has 0 N–H and O–H groups in total. The highest BCUT2D eigenvalue weighted by Crippen LogP contribution is 2.18. The van der Waals surface area contributed by atoms with Gasteiger partial charge in [0.15, 0.2) is 5.78 Å². The van der Waals surface area contributed by atoms with Crippen LogP contribution in [-0.4, -0.2) is 15.6 Å². The molecule has 0 bridgehead atoms. The van der Waals surface area contributed by atoms with Gasteiger partial charge >= 0.3 is 0 Å². The maximum Gasteiger partial charge on any atom is 0.185 e. The molecule has 0 aliphatic rings. The Kier molecular flexibility index (Phi) is 3.03. The standard InChI is InChI=1S/C12H20N2O/c1-8(2)11(15)10-7-9(3)14(13-10)12(4,5)6/h7-8H,1-6H3. The average Bonchev–Trinajstić information content (AvgIpc) is 2.44. The van der Waals surface area contributed by atoms with Crippen molar-refractivity contribution < 1.29 is 4.79 Å². The molecule has 3 heteroatoms. The molecule has 0 saturated carbocycles. The summed E-state index contributed by atoms with van der Waals surface area (Å²) in [4.78, 5) is 11.8. The predicted molar refractivity (Wildman–Crippen MR) is 61.1 cm³/mol. The Bertz CT molecular complexity index is 369. The third kappa shape index (κ3) is 2.46. The monoisotopic (exact) mass is 208 g/mol. The van der Waals surface area contributed by atoms with Crippen LogP contribution < -0.4 is 0 Å². The molecule has 1 aromatic rings. The lowest BCUT2D eigenvalue weighted by Crippen LogP contribution is -2.24. The van der Waals surface area contributed by atoms with Gasteiger partial charge in [0.2, 0.25) is 0 Å². The van der Waals surface area contributed by atoms with E-state index in [9.17, 15) is 4.79 Å². The average molecular weight is 208 g/mol. The van der Waals surface area contributed by atoms with Gasteiger partial charge in [0.05, 0.1) is 5.54 Å². The summed E-state index contributed by atoms with van der Waals surface area (Å²) in [6.45, 7) is 12.0. The van der Waals surface area contributed by atoms with Gasteiger partial charge in [0, 0.05) is 11.6 Å². The molecule has 0 aromatic carbocycles. The van der Waals surface area contributed by atoms with E-state index in [-0.39, 0.29) is 17.2 Å². The molecule has 1 rings (SSSR count). The molecule has 3 nitrogen and oxygen atoms in total. The molecule has 0 radical (unpaired) electrons. The van der Waals surface area contributed by atoms with Gasteiger partial charge in [-0.05, 0) is 33.8 Å². The molecule has 0 atom stereocenters. The quantitative estimate of drug-likeness (QED) is 0.700. The number of carbonyl (C=O) groups is 1. The van der Waals surface area contributed by atoms with Crippen LogP contribution in [-0.2, 0) is 5.54 Å². The molecule has 0 aliphatic heterocycles. The number of aromatic nitrogens is 2. The van der Waals surface area contributed by atoms with E-state index in [1.54, 1.807) is 0 Å². The number of rotatable bonds is 2. The van der Waals surface area contributed by atoms with E-state index < -0.39 is 0 Å². The van der Waals surface area contributed by atoms with Crippen LogP contribution in [0.1, 0.15) is 50.8 Å². The Morgan fingerprint density at radius 2 is 1.93 bits per heavy atom. The van der Waals surface area contributed by atoms with Gasteiger partial charge < -0.3 is 0 Å². The lowest BCUT2D eigenvalue weighted by atomic mass is 10.1. The summed E-state index contributed by atoms with van der Waals surface area (Å²) in [5.41, 5.74) is 1.54. The summed E-state index contributed by atoms with van der Waals surface area (Å²) in [6, 6.07) is 1.87. The second-order valence-electron chi connectivity index (χ2n) is 5.27. The largest absolute Gasteiger partial charge is 0.292 e. The number of hydrogen-bond donors (Lipinski definition) is 0. The minimum Gasteiger partial charge on any atom is -0.292 e. The van der Waals surface area contributed by atoms with Gasteiger partial charge in [0.1, 0.15) is 5.69 Å². The first-order chi connectivity index (χ1) is 6.73. The lowest BCUT2D eigenvalue weighted by molar-refractivity contribution is 0.0932. The first kappa shape index (κ1) is 12.0. The van der Waals surface area contributed by atoms with E-state index in [1.807, 2.05) is 31.5 Å². The first-order valence-corrected chi connectivity index (χ1v) is 5.35. The highest BCUT2D eigenvalue weighted by molar-refractivity contribution is 5.95. The van der Waals surface area contributed by atoms with Gasteiger partial charge in [-0.1, -0.05) is 13.8 Å². The SMILES string of the molecule is Cc1cc(C(=O)C(C)C)nn1C(C)(C)C. The molecular weight excluding hydrogens is 188 g/mol. The first-order valence-electron chi connectivity index (χ1n) is 5.35. The maximum absolute atomic E-state index is 11.8. The fourth-order valence-electron chi connectivity index (χ4n) is 1.57. The summed E-state index contributed by atoms with van der Waals surface area (Å²) in [7, 11) is 0. The van der Waals surface area contributed by atoms with Crippen LogP contribution >= 0.6 is 0 Å². The van der Waals surface area contributed by atoms with Crippen molar-refractivity contribution in [1.82, 2.24) is 9.78 Å². The topological polar surface area (TPSA) is 34.9 Å². The Balaban J connectivity index is 3.12. The van der Waals surface area contributed by atoms with Crippen molar-refractivity contribution in [3.05, 3.63) is 17.5 Å². The van der Waals surface area contributed by atoms with E-state index in [4.69, 9.17) is 0 Å². The summed E-state index contributed by atoms with van der Waals surface area (Å²) >= 11 is 0. The van der Waals surface area contributed by atoms with Crippen molar-refractivity contribution in [2.45, 2.75) is 47.1 Å². The Morgan fingerprint density at radius 1 is 1.40 bits per heavy atom. The van der Waals surface area contributed by atoms with Crippen molar-refractivity contribution in [2.75, 3.05) is 0 Å². The highest BCUT2D eigenvalue weighted by Gasteiger charge is 2.21. The minimum absolute atomic E-state index is 0.00715. The van der Waals surface area contributed by atoms with Gasteiger partial charge in [-0.2, -0.15) is 5.10 Å². The van der Waals surface area contributed by atoms with Crippen LogP contribution in [0.4, 0.5) is 0 Å². The van der Waals surface area contributed by atoms with E-state index in [1.165, 1.54) is 0 Å². The van der Waals surface area contributed by atoms with E-state index in [0.29, 0.717) is 5.69 Å². The molecule has 1 aromatic heterocycles. The molecular formula is C12H20N2O. The summed E-state index contributed by atoms with van der Waals surface area (Å²) in [6.07, 6.45) is 0. The number of carbonyl (C=O) groups excluding carboxylic acids is 1. The van der Waals surface area contributed by atoms with Crippen molar-refractivity contribution >= 4 is 5.78 Å². The number of Topliss-reactive ketones (excluding diaryl/α,β-unsaturated/α-hetero) is 1. The molecule has 1 heterocycles. The Labute approximate surface area is 91.5 Å². The zero-order valence-corrected chi connectivity index (χ0v) is 10.5. The van der Waals surface area contributed by atoms with Gasteiger partial charge in [-0.15, -0.1) is 0 Å². The van der Waals surface area contributed by atoms with Crippen molar-refractivity contribution in [2.24, 2.45) is 5.92 Å². The molecule has 0 fully saturated rings. The van der Waals surface area contributed by atoms with Crippen LogP contribution in [0.2, 0.25) is 0 Å². The summed E-state index contributed by atoms with van der Waals surface area (Å²) in [5, 5.41) is 4.37. The lowest BCUT2D eigenvalue weighted by Gasteiger charge is -2.21. The van der Waals surface area contributed by atoms with E-state index in [2.05, 4.69) is 25.9 Å². The third-order valence-electron chi connectivity index (χ3n) is 2.30. The third-order valence-corrected chi connectivity index (χ3v) is 2.30. The molecule has 0 saturated heterocycles. The van der Waals surface area contributed by atoms with Crippen molar-refractivity contribution in [3.63, 3.8) is 0 Å². The van der Waals surface area contributed by atoms with E-state index in [0.717, 1.165) is 5.69 Å². The molecule has 0 spiro atoms. The number of aryl methyl sites for hydroxylation is 1. The predicted octanol–water partition coefficient (Wildman–Crippen LogP) is 2.79. The maximum atomic E-state index is 11.8. The second kappa shape index (κ2) is 3.80. The number of hydrogen-bond acceptors (Lipinski definition) is 2. The minimum atomic E-state index is -0.0698. The smallest absolute Gasteiger partial charge is 0.185 e. The molecule has 84 valence electrons. The van der Waals surface area contributed by atoms with Crippen LogP contribution in [0.25, 0.3) is 0 Å². The van der Waals surface area contributed by atoms with Crippen LogP contribution in [0.3, 0.4) is 0 Å². The van der Waals surface area contributed by atoms with Gasteiger partial charge in [0.25, 0.3) is 0 Å². The normalized spacial score (nSPS) is 12.2. The van der Waals surface area contributed by atoms with Crippen LogP contribution in [0, 0.1) is 12.8 Å².